The minimum Gasteiger partial charge on any atom is -0.348 e. The number of nitrogens with zero attached hydrogens (tertiary/aromatic N) is 2. The van der Waals surface area contributed by atoms with Crippen molar-refractivity contribution in [3.8, 4) is 11.4 Å². The Morgan fingerprint density at radius 2 is 2.09 bits per heavy atom. The highest BCUT2D eigenvalue weighted by atomic mass is 16.2. The normalized spacial score (nSPS) is 12.2. The molecule has 2 aromatic heterocycles. The van der Waals surface area contributed by atoms with Crippen LogP contribution in [-0.4, -0.2) is 20.9 Å². The lowest BCUT2D eigenvalue weighted by Crippen LogP contribution is -2.33. The van der Waals surface area contributed by atoms with Crippen molar-refractivity contribution in [2.45, 2.75) is 39.7 Å². The molecule has 0 aromatic carbocycles. The maximum atomic E-state index is 12.2. The number of amides is 1. The quantitative estimate of drug-likeness (QED) is 0.857. The van der Waals surface area contributed by atoms with Gasteiger partial charge in [0.15, 0.2) is 0 Å². The molecule has 23 heavy (non-hydrogen) atoms. The Balaban J connectivity index is 2.24. The smallest absolute Gasteiger partial charge is 0.251 e. The summed E-state index contributed by atoms with van der Waals surface area (Å²) in [5.41, 5.74) is 1.01. The maximum Gasteiger partial charge on any atom is 0.251 e. The third-order valence-corrected chi connectivity index (χ3v) is 3.86. The first-order valence-electron chi connectivity index (χ1n) is 7.87. The van der Waals surface area contributed by atoms with Gasteiger partial charge < -0.3 is 10.3 Å². The molecule has 122 valence electrons. The topological polar surface area (TPSA) is 87.7 Å². The van der Waals surface area contributed by atoms with Crippen molar-refractivity contribution in [3.05, 3.63) is 46.6 Å². The van der Waals surface area contributed by atoms with Crippen LogP contribution in [0.25, 0.3) is 11.4 Å². The van der Waals surface area contributed by atoms with Crippen LogP contribution in [0.3, 0.4) is 0 Å². The number of hydrogen-bond acceptors (Lipinski definition) is 4. The predicted octanol–water partition coefficient (Wildman–Crippen LogP) is 2.45. The van der Waals surface area contributed by atoms with Crippen molar-refractivity contribution < 1.29 is 4.79 Å². The van der Waals surface area contributed by atoms with Gasteiger partial charge in [0.05, 0.1) is 11.7 Å². The highest BCUT2D eigenvalue weighted by molar-refractivity contribution is 5.78. The van der Waals surface area contributed by atoms with Crippen molar-refractivity contribution >= 4 is 5.91 Å². The van der Waals surface area contributed by atoms with E-state index in [1.165, 1.54) is 6.07 Å². The number of pyridine rings is 1. The Kier molecular flexibility index (Phi) is 5.62. The van der Waals surface area contributed by atoms with Crippen molar-refractivity contribution in [3.63, 3.8) is 0 Å². The van der Waals surface area contributed by atoms with Crippen molar-refractivity contribution in [1.29, 1.82) is 0 Å². The van der Waals surface area contributed by atoms with E-state index in [1.807, 2.05) is 26.8 Å². The lowest BCUT2D eigenvalue weighted by Gasteiger charge is -2.18. The van der Waals surface area contributed by atoms with Gasteiger partial charge in [-0.15, -0.1) is 0 Å². The van der Waals surface area contributed by atoms with E-state index in [9.17, 15) is 9.59 Å². The van der Waals surface area contributed by atoms with Crippen LogP contribution in [-0.2, 0) is 4.79 Å². The van der Waals surface area contributed by atoms with E-state index in [-0.39, 0.29) is 23.4 Å². The molecule has 1 amide bonds. The minimum absolute atomic E-state index is 0.00694. The van der Waals surface area contributed by atoms with E-state index in [1.54, 1.807) is 18.5 Å². The number of aromatic amines is 1. The molecule has 0 aliphatic heterocycles. The lowest BCUT2D eigenvalue weighted by molar-refractivity contribution is -0.125. The van der Waals surface area contributed by atoms with Crippen LogP contribution in [0, 0.1) is 5.92 Å². The first kappa shape index (κ1) is 16.9. The Labute approximate surface area is 135 Å². The van der Waals surface area contributed by atoms with E-state index in [4.69, 9.17) is 0 Å². The number of H-pyrrole nitrogens is 1. The number of carbonyl (C=O) groups is 1. The monoisotopic (exact) mass is 314 g/mol. The molecule has 0 aliphatic carbocycles. The van der Waals surface area contributed by atoms with Gasteiger partial charge in [0, 0.05) is 29.9 Å². The third-order valence-electron chi connectivity index (χ3n) is 3.86. The lowest BCUT2D eigenvalue weighted by atomic mass is 10.0. The van der Waals surface area contributed by atoms with Crippen molar-refractivity contribution in [2.75, 3.05) is 0 Å². The highest BCUT2D eigenvalue weighted by Crippen LogP contribution is 2.16. The standard InChI is InChI=1S/C17H22N4O2/c1-4-12(5-2)17(23)19-11(3)14-9-15(22)21-16(20-14)13-7-6-8-18-10-13/h6-12H,4-5H2,1-3H3,(H,19,23)(H,20,21,22)/t11-/m0/s1. The summed E-state index contributed by atoms with van der Waals surface area (Å²) >= 11 is 0. The fourth-order valence-corrected chi connectivity index (χ4v) is 2.40. The molecule has 0 saturated carbocycles. The fourth-order valence-electron chi connectivity index (χ4n) is 2.40. The summed E-state index contributed by atoms with van der Waals surface area (Å²) in [7, 11) is 0. The number of aromatic nitrogens is 3. The van der Waals surface area contributed by atoms with E-state index in [0.717, 1.165) is 18.4 Å². The first-order chi connectivity index (χ1) is 11.0. The second-order valence-corrected chi connectivity index (χ2v) is 5.50. The van der Waals surface area contributed by atoms with E-state index >= 15 is 0 Å². The van der Waals surface area contributed by atoms with E-state index in [0.29, 0.717) is 11.5 Å². The van der Waals surface area contributed by atoms with Gasteiger partial charge in [-0.2, -0.15) is 0 Å². The molecule has 0 spiro atoms. The van der Waals surface area contributed by atoms with Gasteiger partial charge in [0.2, 0.25) is 5.91 Å². The third kappa shape index (κ3) is 4.25. The van der Waals surface area contributed by atoms with Crippen LogP contribution >= 0.6 is 0 Å². The SMILES string of the molecule is CCC(CC)C(=O)N[C@@H](C)c1cc(=O)[nH]c(-c2cccnc2)n1. The molecule has 0 saturated heterocycles. The first-order valence-corrected chi connectivity index (χ1v) is 7.87. The molecule has 2 N–H and O–H groups in total. The van der Waals surface area contributed by atoms with Crippen LogP contribution in [0.5, 0.6) is 0 Å². The number of nitrogens with one attached hydrogen (secondary N) is 2. The van der Waals surface area contributed by atoms with Gasteiger partial charge in [-0.05, 0) is 31.9 Å². The van der Waals surface area contributed by atoms with Crippen LogP contribution in [0.15, 0.2) is 35.4 Å². The molecule has 2 rings (SSSR count). The Morgan fingerprint density at radius 1 is 1.35 bits per heavy atom. The van der Waals surface area contributed by atoms with Crippen LogP contribution < -0.4 is 10.9 Å². The van der Waals surface area contributed by atoms with Gasteiger partial charge in [-0.1, -0.05) is 13.8 Å². The molecule has 0 fully saturated rings. The fraction of sp³-hybridized carbons (Fsp3) is 0.412. The summed E-state index contributed by atoms with van der Waals surface area (Å²) in [5.74, 6) is 0.425. The summed E-state index contributed by atoms with van der Waals surface area (Å²) in [6.07, 6.45) is 4.87. The Bertz CT molecular complexity index is 708. The second-order valence-electron chi connectivity index (χ2n) is 5.50. The van der Waals surface area contributed by atoms with E-state index in [2.05, 4.69) is 20.3 Å². The second kappa shape index (κ2) is 7.67. The molecule has 2 heterocycles. The summed E-state index contributed by atoms with van der Waals surface area (Å²) in [6, 6.07) is 4.68. The zero-order valence-electron chi connectivity index (χ0n) is 13.7. The summed E-state index contributed by atoms with van der Waals surface area (Å²) in [4.78, 5) is 35.3. The zero-order chi connectivity index (χ0) is 16.8. The highest BCUT2D eigenvalue weighted by Gasteiger charge is 2.18. The molecule has 0 bridgehead atoms. The maximum absolute atomic E-state index is 12.2. The van der Waals surface area contributed by atoms with Crippen LogP contribution in [0.2, 0.25) is 0 Å². The summed E-state index contributed by atoms with van der Waals surface area (Å²) in [6.45, 7) is 5.81. The Hall–Kier alpha value is -2.50. The van der Waals surface area contributed by atoms with Crippen LogP contribution in [0.4, 0.5) is 0 Å². The van der Waals surface area contributed by atoms with Crippen LogP contribution in [0.1, 0.15) is 45.3 Å². The van der Waals surface area contributed by atoms with Gasteiger partial charge in [0.1, 0.15) is 5.82 Å². The van der Waals surface area contributed by atoms with Gasteiger partial charge >= 0.3 is 0 Å². The molecule has 0 unspecified atom stereocenters. The molecular formula is C17H22N4O2. The summed E-state index contributed by atoms with van der Waals surface area (Å²) < 4.78 is 0. The number of carbonyl (C=O) groups excluding carboxylic acids is 1. The largest absolute Gasteiger partial charge is 0.348 e. The Morgan fingerprint density at radius 3 is 2.70 bits per heavy atom. The number of rotatable bonds is 6. The molecule has 1 atom stereocenters. The number of hydrogen-bond donors (Lipinski definition) is 2. The van der Waals surface area contributed by atoms with Gasteiger partial charge in [-0.25, -0.2) is 4.98 Å². The molecule has 2 aromatic rings. The minimum atomic E-state index is -0.333. The molecule has 6 heteroatoms. The average molecular weight is 314 g/mol. The molecule has 0 aliphatic rings. The predicted molar refractivity (Wildman–Crippen MR) is 88.7 cm³/mol. The van der Waals surface area contributed by atoms with E-state index < -0.39 is 0 Å². The molecular weight excluding hydrogens is 292 g/mol. The zero-order valence-corrected chi connectivity index (χ0v) is 13.7. The van der Waals surface area contributed by atoms with Gasteiger partial charge in [-0.3, -0.25) is 14.6 Å². The summed E-state index contributed by atoms with van der Waals surface area (Å²) in [5, 5.41) is 2.93. The molecule has 0 radical (unpaired) electrons. The van der Waals surface area contributed by atoms with Crippen molar-refractivity contribution in [2.24, 2.45) is 5.92 Å². The molecule has 6 nitrogen and oxygen atoms in total. The van der Waals surface area contributed by atoms with Gasteiger partial charge in [0.25, 0.3) is 5.56 Å². The van der Waals surface area contributed by atoms with Crippen molar-refractivity contribution in [1.82, 2.24) is 20.3 Å². The average Bonchev–Trinajstić information content (AvgIpc) is 2.56.